The summed E-state index contributed by atoms with van der Waals surface area (Å²) in [5.41, 5.74) is 3.45. The van der Waals surface area contributed by atoms with E-state index in [1.807, 2.05) is 24.3 Å². The predicted molar refractivity (Wildman–Crippen MR) is 125 cm³/mol. The molecule has 0 saturated carbocycles. The summed E-state index contributed by atoms with van der Waals surface area (Å²) in [4.78, 5) is 25.9. The minimum absolute atomic E-state index is 0.209. The van der Waals surface area contributed by atoms with E-state index >= 15 is 0 Å². The molecule has 0 spiro atoms. The highest BCUT2D eigenvalue weighted by atomic mass is 16.5. The second kappa shape index (κ2) is 9.08. The molecule has 0 saturated heterocycles. The number of ether oxygens (including phenoxy) is 4. The lowest BCUT2D eigenvalue weighted by Gasteiger charge is -2.14. The van der Waals surface area contributed by atoms with Crippen LogP contribution in [0.15, 0.2) is 54.6 Å². The first-order valence-corrected chi connectivity index (χ1v) is 10.2. The van der Waals surface area contributed by atoms with Crippen molar-refractivity contribution in [3.05, 3.63) is 76.9 Å². The topological polar surface area (TPSA) is 83.1 Å². The molecule has 1 aliphatic heterocycles. The van der Waals surface area contributed by atoms with E-state index in [1.54, 1.807) is 43.5 Å². The van der Waals surface area contributed by atoms with Crippen molar-refractivity contribution in [2.24, 2.45) is 0 Å². The molecule has 3 aromatic rings. The molecule has 168 valence electrons. The fourth-order valence-corrected chi connectivity index (χ4v) is 3.80. The number of amides is 1. The Hall–Kier alpha value is -4.26. The van der Waals surface area contributed by atoms with Crippen molar-refractivity contribution in [1.82, 2.24) is 0 Å². The number of hydrogen-bond acceptors (Lipinski definition) is 6. The first kappa shape index (κ1) is 22.0. The zero-order valence-electron chi connectivity index (χ0n) is 18.7. The Bertz CT molecular complexity index is 1250. The van der Waals surface area contributed by atoms with Gasteiger partial charge in [0.05, 0.1) is 28.4 Å². The van der Waals surface area contributed by atoms with E-state index in [2.05, 4.69) is 5.32 Å². The van der Waals surface area contributed by atoms with Crippen LogP contribution in [0.2, 0.25) is 0 Å². The number of ketones is 1. The highest BCUT2D eigenvalue weighted by molar-refractivity contribution is 6.35. The van der Waals surface area contributed by atoms with Crippen LogP contribution >= 0.6 is 0 Å². The minimum atomic E-state index is -0.243. The quantitative estimate of drug-likeness (QED) is 0.428. The Balaban J connectivity index is 1.78. The van der Waals surface area contributed by atoms with Crippen LogP contribution in [0.25, 0.3) is 11.6 Å². The molecule has 1 aliphatic rings. The smallest absolute Gasteiger partial charge is 0.256 e. The van der Waals surface area contributed by atoms with Gasteiger partial charge < -0.3 is 24.3 Å². The number of carbonyl (C=O) groups is 2. The van der Waals surface area contributed by atoms with Gasteiger partial charge in [-0.25, -0.2) is 0 Å². The third-order valence-corrected chi connectivity index (χ3v) is 5.43. The molecule has 0 fully saturated rings. The first-order chi connectivity index (χ1) is 16.0. The molecule has 3 aromatic carbocycles. The fraction of sp³-hybridized carbons (Fsp3) is 0.154. The maximum Gasteiger partial charge on any atom is 0.256 e. The third kappa shape index (κ3) is 4.01. The molecule has 0 aliphatic carbocycles. The number of nitrogens with one attached hydrogen (secondary N) is 1. The summed E-state index contributed by atoms with van der Waals surface area (Å²) in [6.07, 6.45) is 1.73. The van der Waals surface area contributed by atoms with Crippen LogP contribution in [-0.2, 0) is 4.79 Å². The highest BCUT2D eigenvalue weighted by Gasteiger charge is 2.24. The van der Waals surface area contributed by atoms with Gasteiger partial charge in [0.15, 0.2) is 17.3 Å². The SMILES string of the molecule is COc1ccc(C(=O)c2cc(OC)c(OC)c(OC)c2)cc1/C=C1/C(=O)Nc2ccccc21. The van der Waals surface area contributed by atoms with Crippen molar-refractivity contribution in [2.45, 2.75) is 0 Å². The second-order valence-corrected chi connectivity index (χ2v) is 7.26. The van der Waals surface area contributed by atoms with Gasteiger partial charge in [0.2, 0.25) is 5.75 Å². The predicted octanol–water partition coefficient (Wildman–Crippen LogP) is 4.44. The molecule has 1 N–H and O–H groups in total. The van der Waals surface area contributed by atoms with E-state index in [-0.39, 0.29) is 11.7 Å². The molecule has 7 heteroatoms. The number of hydrogen-bond donors (Lipinski definition) is 1. The number of anilines is 1. The van der Waals surface area contributed by atoms with Crippen LogP contribution in [0.3, 0.4) is 0 Å². The Morgan fingerprint density at radius 3 is 2.09 bits per heavy atom. The standard InChI is InChI=1S/C26H23NO6/c1-30-21-10-9-15(24(28)17-13-22(31-2)25(33-4)23(14-17)32-3)11-16(21)12-19-18-7-5-6-8-20(18)27-26(19)29/h5-14H,1-4H3,(H,27,29)/b19-12+. The van der Waals surface area contributed by atoms with Gasteiger partial charge in [0, 0.05) is 33.5 Å². The molecule has 1 heterocycles. The van der Waals surface area contributed by atoms with Crippen molar-refractivity contribution >= 4 is 29.0 Å². The third-order valence-electron chi connectivity index (χ3n) is 5.43. The Labute approximate surface area is 191 Å². The molecular weight excluding hydrogens is 422 g/mol. The lowest BCUT2D eigenvalue weighted by Crippen LogP contribution is -2.06. The van der Waals surface area contributed by atoms with Crippen LogP contribution < -0.4 is 24.3 Å². The van der Waals surface area contributed by atoms with Crippen molar-refractivity contribution < 1.29 is 28.5 Å². The van der Waals surface area contributed by atoms with E-state index < -0.39 is 0 Å². The molecule has 0 unspecified atom stereocenters. The zero-order valence-corrected chi connectivity index (χ0v) is 18.7. The van der Waals surface area contributed by atoms with Gasteiger partial charge in [0.1, 0.15) is 5.75 Å². The summed E-state index contributed by atoms with van der Waals surface area (Å²) in [7, 11) is 6.03. The van der Waals surface area contributed by atoms with E-state index in [0.29, 0.717) is 45.3 Å². The number of benzene rings is 3. The van der Waals surface area contributed by atoms with Gasteiger partial charge in [-0.1, -0.05) is 18.2 Å². The lowest BCUT2D eigenvalue weighted by molar-refractivity contribution is -0.110. The molecular formula is C26H23NO6. The summed E-state index contributed by atoms with van der Waals surface area (Å²) in [5, 5.41) is 2.85. The average molecular weight is 445 g/mol. The van der Waals surface area contributed by atoms with Crippen LogP contribution in [-0.4, -0.2) is 40.1 Å². The molecule has 0 aromatic heterocycles. The van der Waals surface area contributed by atoms with Gasteiger partial charge in [-0.2, -0.15) is 0 Å². The normalized spacial score (nSPS) is 13.3. The molecule has 0 radical (unpaired) electrons. The van der Waals surface area contributed by atoms with Crippen molar-refractivity contribution in [3.63, 3.8) is 0 Å². The van der Waals surface area contributed by atoms with Crippen molar-refractivity contribution in [1.29, 1.82) is 0 Å². The maximum atomic E-state index is 13.3. The minimum Gasteiger partial charge on any atom is -0.496 e. The van der Waals surface area contributed by atoms with Crippen LogP contribution in [0.4, 0.5) is 5.69 Å². The molecule has 0 bridgehead atoms. The van der Waals surface area contributed by atoms with E-state index in [0.717, 1.165) is 11.3 Å². The zero-order chi connectivity index (χ0) is 23.5. The Kier molecular flexibility index (Phi) is 6.04. The monoisotopic (exact) mass is 445 g/mol. The van der Waals surface area contributed by atoms with Gasteiger partial charge in [-0.15, -0.1) is 0 Å². The lowest BCUT2D eigenvalue weighted by atomic mass is 9.98. The van der Waals surface area contributed by atoms with Gasteiger partial charge in [0.25, 0.3) is 5.91 Å². The van der Waals surface area contributed by atoms with Gasteiger partial charge in [-0.05, 0) is 42.5 Å². The van der Waals surface area contributed by atoms with Crippen molar-refractivity contribution in [3.8, 4) is 23.0 Å². The van der Waals surface area contributed by atoms with E-state index in [1.165, 1.54) is 21.3 Å². The maximum absolute atomic E-state index is 13.3. The summed E-state index contributed by atoms with van der Waals surface area (Å²) < 4.78 is 21.6. The number of carbonyl (C=O) groups excluding carboxylic acids is 2. The molecule has 33 heavy (non-hydrogen) atoms. The summed E-state index contributed by atoms with van der Waals surface area (Å²) in [6, 6.07) is 15.7. The molecule has 1 amide bonds. The number of fused-ring (bicyclic) bond motifs is 1. The Morgan fingerprint density at radius 2 is 1.45 bits per heavy atom. The summed E-state index contributed by atoms with van der Waals surface area (Å²) in [6.45, 7) is 0. The van der Waals surface area contributed by atoms with Crippen LogP contribution in [0, 0.1) is 0 Å². The van der Waals surface area contributed by atoms with Crippen LogP contribution in [0.1, 0.15) is 27.0 Å². The molecule has 0 atom stereocenters. The first-order valence-electron chi connectivity index (χ1n) is 10.2. The average Bonchev–Trinajstić information content (AvgIpc) is 3.17. The summed E-state index contributed by atoms with van der Waals surface area (Å²) in [5.74, 6) is 1.27. The largest absolute Gasteiger partial charge is 0.496 e. The summed E-state index contributed by atoms with van der Waals surface area (Å²) >= 11 is 0. The number of rotatable bonds is 7. The van der Waals surface area contributed by atoms with Gasteiger partial charge in [-0.3, -0.25) is 9.59 Å². The highest BCUT2D eigenvalue weighted by Crippen LogP contribution is 2.39. The number of para-hydroxylation sites is 1. The molecule has 7 nitrogen and oxygen atoms in total. The van der Waals surface area contributed by atoms with E-state index in [4.69, 9.17) is 18.9 Å². The second-order valence-electron chi connectivity index (χ2n) is 7.26. The van der Waals surface area contributed by atoms with Crippen molar-refractivity contribution in [2.75, 3.05) is 33.8 Å². The van der Waals surface area contributed by atoms with Crippen LogP contribution in [0.5, 0.6) is 23.0 Å². The van der Waals surface area contributed by atoms with Gasteiger partial charge >= 0.3 is 0 Å². The fourth-order valence-electron chi connectivity index (χ4n) is 3.80. The Morgan fingerprint density at radius 1 is 0.788 bits per heavy atom. The number of methoxy groups -OCH3 is 4. The molecule has 4 rings (SSSR count). The van der Waals surface area contributed by atoms with E-state index in [9.17, 15) is 9.59 Å².